The average molecular weight is 510 g/mol. The van der Waals surface area contributed by atoms with Crippen molar-refractivity contribution in [3.8, 4) is 22.5 Å². The van der Waals surface area contributed by atoms with E-state index in [0.717, 1.165) is 46.1 Å². The number of nitrogens with zero attached hydrogens (tertiary/aromatic N) is 1. The van der Waals surface area contributed by atoms with Gasteiger partial charge in [-0.1, -0.05) is 73.5 Å². The molecule has 0 bridgehead atoms. The standard InChI is InChI=1S/C31H28ClN3O2/c1-2-8-27(20-9-4-3-5-10-20)35-31(37)21-13-15-24(22(17-21)19-36)26-18-23(32)14-16-25(26)30-33-28-11-6-7-12-29(28)34-30/h3-7,9-18,27,36H,2,8,19H2,1H3,(H,33,34)(H,35,37)/t27-/m1/s1. The van der Waals surface area contributed by atoms with Gasteiger partial charge < -0.3 is 15.4 Å². The van der Waals surface area contributed by atoms with E-state index in [9.17, 15) is 9.90 Å². The number of aromatic amines is 1. The van der Waals surface area contributed by atoms with Crippen LogP contribution in [0.25, 0.3) is 33.5 Å². The fourth-order valence-corrected chi connectivity index (χ4v) is 4.86. The van der Waals surface area contributed by atoms with E-state index in [-0.39, 0.29) is 18.6 Å². The first-order valence-corrected chi connectivity index (χ1v) is 12.8. The summed E-state index contributed by atoms with van der Waals surface area (Å²) in [6.07, 6.45) is 1.78. The van der Waals surface area contributed by atoms with Crippen LogP contribution in [0.15, 0.2) is 91.0 Å². The summed E-state index contributed by atoms with van der Waals surface area (Å²) in [5, 5.41) is 14.0. The van der Waals surface area contributed by atoms with Gasteiger partial charge in [-0.15, -0.1) is 0 Å². The zero-order valence-corrected chi connectivity index (χ0v) is 21.3. The molecule has 1 heterocycles. The Morgan fingerprint density at radius 1 is 0.946 bits per heavy atom. The van der Waals surface area contributed by atoms with Crippen LogP contribution in [0.4, 0.5) is 0 Å². The van der Waals surface area contributed by atoms with Crippen LogP contribution in [0, 0.1) is 0 Å². The van der Waals surface area contributed by atoms with Gasteiger partial charge in [0.25, 0.3) is 5.91 Å². The van der Waals surface area contributed by atoms with Crippen molar-refractivity contribution in [2.75, 3.05) is 0 Å². The largest absolute Gasteiger partial charge is 0.392 e. The van der Waals surface area contributed by atoms with Crippen molar-refractivity contribution in [2.45, 2.75) is 32.4 Å². The highest BCUT2D eigenvalue weighted by molar-refractivity contribution is 6.31. The number of carbonyl (C=O) groups excluding carboxylic acids is 1. The second kappa shape index (κ2) is 11.0. The number of H-pyrrole nitrogens is 1. The number of aliphatic hydroxyl groups excluding tert-OH is 1. The number of carbonyl (C=O) groups is 1. The Kier molecular flexibility index (Phi) is 7.35. The van der Waals surface area contributed by atoms with Crippen molar-refractivity contribution in [1.29, 1.82) is 0 Å². The number of amides is 1. The summed E-state index contributed by atoms with van der Waals surface area (Å²) >= 11 is 6.40. The van der Waals surface area contributed by atoms with Crippen molar-refractivity contribution in [1.82, 2.24) is 15.3 Å². The molecular formula is C31H28ClN3O2. The molecule has 0 aliphatic carbocycles. The first-order chi connectivity index (χ1) is 18.1. The quantitative estimate of drug-likeness (QED) is 0.205. The molecule has 1 aromatic heterocycles. The third-order valence-corrected chi connectivity index (χ3v) is 6.77. The number of para-hydroxylation sites is 2. The molecular weight excluding hydrogens is 482 g/mol. The SMILES string of the molecule is CCC[C@@H](NC(=O)c1ccc(-c2cc(Cl)ccc2-c2nc3ccccc3[nH]2)c(CO)c1)c1ccccc1. The summed E-state index contributed by atoms with van der Waals surface area (Å²) in [4.78, 5) is 21.4. The highest BCUT2D eigenvalue weighted by Crippen LogP contribution is 2.36. The lowest BCUT2D eigenvalue weighted by atomic mass is 9.93. The van der Waals surface area contributed by atoms with Gasteiger partial charge in [-0.05, 0) is 71.1 Å². The lowest BCUT2D eigenvalue weighted by molar-refractivity contribution is 0.0934. The smallest absolute Gasteiger partial charge is 0.251 e. The van der Waals surface area contributed by atoms with E-state index in [1.165, 1.54) is 0 Å². The maximum absolute atomic E-state index is 13.2. The molecule has 3 N–H and O–H groups in total. The lowest BCUT2D eigenvalue weighted by Crippen LogP contribution is -2.28. The third-order valence-electron chi connectivity index (χ3n) is 6.54. The minimum Gasteiger partial charge on any atom is -0.392 e. The van der Waals surface area contributed by atoms with Crippen LogP contribution >= 0.6 is 11.6 Å². The number of aliphatic hydroxyl groups is 1. The van der Waals surface area contributed by atoms with E-state index >= 15 is 0 Å². The molecule has 0 fully saturated rings. The van der Waals surface area contributed by atoms with Crippen molar-refractivity contribution >= 4 is 28.5 Å². The molecule has 1 amide bonds. The van der Waals surface area contributed by atoms with E-state index in [4.69, 9.17) is 16.6 Å². The number of hydrogen-bond donors (Lipinski definition) is 3. The predicted molar refractivity (Wildman–Crippen MR) is 149 cm³/mol. The molecule has 0 radical (unpaired) electrons. The van der Waals surface area contributed by atoms with E-state index in [1.807, 2.05) is 78.9 Å². The molecule has 5 rings (SSSR count). The molecule has 6 heteroatoms. The van der Waals surface area contributed by atoms with Crippen molar-refractivity contribution < 1.29 is 9.90 Å². The predicted octanol–water partition coefficient (Wildman–Crippen LogP) is 7.31. The maximum atomic E-state index is 13.2. The number of benzene rings is 4. The van der Waals surface area contributed by atoms with Crippen LogP contribution in [0.3, 0.4) is 0 Å². The molecule has 186 valence electrons. The van der Waals surface area contributed by atoms with Crippen LogP contribution in [0.1, 0.15) is 47.3 Å². The van der Waals surface area contributed by atoms with Crippen LogP contribution in [0.2, 0.25) is 5.02 Å². The zero-order valence-electron chi connectivity index (χ0n) is 20.5. The number of rotatable bonds is 8. The van der Waals surface area contributed by atoms with Crippen LogP contribution in [0.5, 0.6) is 0 Å². The highest BCUT2D eigenvalue weighted by Gasteiger charge is 2.19. The summed E-state index contributed by atoms with van der Waals surface area (Å²) in [6.45, 7) is 1.88. The van der Waals surface area contributed by atoms with Gasteiger partial charge >= 0.3 is 0 Å². The van der Waals surface area contributed by atoms with Gasteiger partial charge in [0, 0.05) is 16.1 Å². The Bertz CT molecular complexity index is 1510. The third kappa shape index (κ3) is 5.29. The Balaban J connectivity index is 1.50. The topological polar surface area (TPSA) is 78.0 Å². The van der Waals surface area contributed by atoms with Crippen molar-refractivity contribution in [3.63, 3.8) is 0 Å². The van der Waals surface area contributed by atoms with E-state index in [0.29, 0.717) is 22.0 Å². The number of nitrogens with one attached hydrogen (secondary N) is 2. The molecule has 5 aromatic rings. The fraction of sp³-hybridized carbons (Fsp3) is 0.161. The molecule has 1 atom stereocenters. The number of aromatic nitrogens is 2. The van der Waals surface area contributed by atoms with Gasteiger partial charge in [-0.25, -0.2) is 4.98 Å². The first kappa shape index (κ1) is 24.8. The van der Waals surface area contributed by atoms with Gasteiger partial charge in [0.05, 0.1) is 23.7 Å². The Labute approximate surface area is 221 Å². The minimum absolute atomic E-state index is 0.0800. The van der Waals surface area contributed by atoms with Gasteiger partial charge in [0.15, 0.2) is 0 Å². The minimum atomic E-state index is -0.223. The molecule has 4 aromatic carbocycles. The number of halogens is 1. The van der Waals surface area contributed by atoms with Crippen molar-refractivity contribution in [3.05, 3.63) is 113 Å². The summed E-state index contributed by atoms with van der Waals surface area (Å²) < 4.78 is 0. The monoisotopic (exact) mass is 509 g/mol. The summed E-state index contributed by atoms with van der Waals surface area (Å²) in [5.41, 5.74) is 6.50. The Hall–Kier alpha value is -3.93. The average Bonchev–Trinajstić information content (AvgIpc) is 3.37. The zero-order chi connectivity index (χ0) is 25.8. The normalized spacial score (nSPS) is 12.0. The van der Waals surface area contributed by atoms with E-state index in [2.05, 4.69) is 17.2 Å². The van der Waals surface area contributed by atoms with Gasteiger partial charge in [0.2, 0.25) is 0 Å². The van der Waals surface area contributed by atoms with Crippen LogP contribution < -0.4 is 5.32 Å². The van der Waals surface area contributed by atoms with Gasteiger partial charge in [-0.2, -0.15) is 0 Å². The summed E-state index contributed by atoms with van der Waals surface area (Å²) in [5.74, 6) is 0.538. The maximum Gasteiger partial charge on any atom is 0.251 e. The lowest BCUT2D eigenvalue weighted by Gasteiger charge is -2.19. The molecule has 0 saturated carbocycles. The van der Waals surface area contributed by atoms with Crippen LogP contribution in [-0.2, 0) is 6.61 Å². The Morgan fingerprint density at radius 3 is 2.46 bits per heavy atom. The second-order valence-corrected chi connectivity index (χ2v) is 9.48. The molecule has 0 spiro atoms. The van der Waals surface area contributed by atoms with Gasteiger partial charge in [-0.3, -0.25) is 4.79 Å². The summed E-state index contributed by atoms with van der Waals surface area (Å²) in [7, 11) is 0. The number of fused-ring (bicyclic) bond motifs is 1. The highest BCUT2D eigenvalue weighted by atomic mass is 35.5. The van der Waals surface area contributed by atoms with Gasteiger partial charge in [0.1, 0.15) is 5.82 Å². The molecule has 0 aliphatic heterocycles. The number of imidazole rings is 1. The second-order valence-electron chi connectivity index (χ2n) is 9.05. The number of hydrogen-bond acceptors (Lipinski definition) is 3. The molecule has 0 unspecified atom stereocenters. The van der Waals surface area contributed by atoms with Crippen LogP contribution in [-0.4, -0.2) is 21.0 Å². The molecule has 5 nitrogen and oxygen atoms in total. The molecule has 0 saturated heterocycles. The molecule has 0 aliphatic rings. The fourth-order valence-electron chi connectivity index (χ4n) is 4.69. The summed E-state index contributed by atoms with van der Waals surface area (Å²) in [6, 6.07) is 28.8. The Morgan fingerprint density at radius 2 is 1.70 bits per heavy atom. The van der Waals surface area contributed by atoms with E-state index in [1.54, 1.807) is 12.1 Å². The van der Waals surface area contributed by atoms with Crippen molar-refractivity contribution in [2.24, 2.45) is 0 Å². The first-order valence-electron chi connectivity index (χ1n) is 12.4. The molecule has 37 heavy (non-hydrogen) atoms. The van der Waals surface area contributed by atoms with E-state index < -0.39 is 0 Å².